The van der Waals surface area contributed by atoms with Crippen LogP contribution in [0.1, 0.15) is 11.1 Å². The average Bonchev–Trinajstić information content (AvgIpc) is 2.79. The number of hydrogen-bond donors (Lipinski definition) is 1. The van der Waals surface area contributed by atoms with Crippen LogP contribution in [0.3, 0.4) is 0 Å². The molecular formula is C13H12O4. The Morgan fingerprint density at radius 3 is 2.76 bits per heavy atom. The lowest BCUT2D eigenvalue weighted by Gasteiger charge is -2.29. The second-order valence-electron chi connectivity index (χ2n) is 3.86. The molecule has 1 saturated heterocycles. The summed E-state index contributed by atoms with van der Waals surface area (Å²) in [6.07, 6.45) is 5.09. The monoisotopic (exact) mass is 232 g/mol. The zero-order valence-electron chi connectivity index (χ0n) is 9.18. The summed E-state index contributed by atoms with van der Waals surface area (Å²) >= 11 is 0. The number of hydrogen-bond acceptors (Lipinski definition) is 4. The molecule has 0 amide bonds. The van der Waals surface area contributed by atoms with Gasteiger partial charge in [-0.25, -0.2) is 0 Å². The van der Waals surface area contributed by atoms with Crippen LogP contribution in [0.15, 0.2) is 24.8 Å². The maximum absolute atomic E-state index is 10.0. The Hall–Kier alpha value is -1.78. The number of phenolic OH excluding ortho intramolecular Hbond substituents is 1. The van der Waals surface area contributed by atoms with Crippen molar-refractivity contribution in [1.82, 2.24) is 0 Å². The Bertz CT molecular complexity index is 498. The van der Waals surface area contributed by atoms with Crippen molar-refractivity contribution in [3.63, 3.8) is 0 Å². The first kappa shape index (κ1) is 10.4. The zero-order valence-corrected chi connectivity index (χ0v) is 9.18. The van der Waals surface area contributed by atoms with E-state index in [2.05, 4.69) is 6.58 Å². The van der Waals surface area contributed by atoms with E-state index >= 15 is 0 Å². The van der Waals surface area contributed by atoms with Gasteiger partial charge in [0.15, 0.2) is 11.5 Å². The van der Waals surface area contributed by atoms with E-state index in [9.17, 15) is 5.11 Å². The van der Waals surface area contributed by atoms with Gasteiger partial charge >= 0.3 is 5.97 Å². The molecule has 0 atom stereocenters. The maximum Gasteiger partial charge on any atom is 0.349 e. The summed E-state index contributed by atoms with van der Waals surface area (Å²) in [6.45, 7) is 4.58. The lowest BCUT2D eigenvalue weighted by Crippen LogP contribution is -2.36. The molecule has 0 bridgehead atoms. The van der Waals surface area contributed by atoms with E-state index in [1.165, 1.54) is 0 Å². The van der Waals surface area contributed by atoms with Gasteiger partial charge in [-0.3, -0.25) is 0 Å². The molecule has 1 aromatic carbocycles. The van der Waals surface area contributed by atoms with Crippen molar-refractivity contribution in [1.29, 1.82) is 0 Å². The molecule has 4 nitrogen and oxygen atoms in total. The summed E-state index contributed by atoms with van der Waals surface area (Å²) in [5, 5.41) is 10.0. The third-order valence-electron chi connectivity index (χ3n) is 2.81. The smallest absolute Gasteiger partial charge is 0.349 e. The van der Waals surface area contributed by atoms with E-state index in [-0.39, 0.29) is 5.75 Å². The molecule has 88 valence electrons. The Morgan fingerprint density at radius 1 is 1.29 bits per heavy atom. The first-order chi connectivity index (χ1) is 8.24. The van der Waals surface area contributed by atoms with Crippen molar-refractivity contribution in [3.05, 3.63) is 35.9 Å². The topological polar surface area (TPSA) is 47.9 Å². The molecule has 4 heteroatoms. The molecule has 3 rings (SSSR count). The normalized spacial score (nSPS) is 20.0. The summed E-state index contributed by atoms with van der Waals surface area (Å²) in [7, 11) is 0. The summed E-state index contributed by atoms with van der Waals surface area (Å²) in [4.78, 5) is 0. The van der Waals surface area contributed by atoms with Crippen molar-refractivity contribution >= 4 is 12.2 Å². The quantitative estimate of drug-likeness (QED) is 0.805. The first-order valence-electron chi connectivity index (χ1n) is 5.39. The van der Waals surface area contributed by atoms with Gasteiger partial charge in [-0.15, -0.1) is 0 Å². The van der Waals surface area contributed by atoms with Crippen LogP contribution >= 0.6 is 0 Å². The molecule has 0 saturated carbocycles. The second-order valence-corrected chi connectivity index (χ2v) is 3.86. The summed E-state index contributed by atoms with van der Waals surface area (Å²) < 4.78 is 16.4. The van der Waals surface area contributed by atoms with Crippen LogP contribution in [0.25, 0.3) is 12.2 Å². The molecule has 0 radical (unpaired) electrons. The number of benzene rings is 1. The number of rotatable bonds is 1. The molecule has 1 fully saturated rings. The fourth-order valence-corrected chi connectivity index (χ4v) is 1.94. The van der Waals surface area contributed by atoms with Gasteiger partial charge in [0.1, 0.15) is 0 Å². The highest BCUT2D eigenvalue weighted by Gasteiger charge is 2.40. The maximum atomic E-state index is 10.0. The van der Waals surface area contributed by atoms with E-state index in [4.69, 9.17) is 14.2 Å². The number of aromatic hydroxyl groups is 1. The highest BCUT2D eigenvalue weighted by molar-refractivity contribution is 5.71. The minimum absolute atomic E-state index is 0.0559. The Labute approximate surface area is 98.7 Å². The van der Waals surface area contributed by atoms with Crippen molar-refractivity contribution in [2.45, 2.75) is 5.97 Å². The largest absolute Gasteiger partial charge is 0.504 e. The average molecular weight is 232 g/mol. The van der Waals surface area contributed by atoms with E-state index in [0.29, 0.717) is 24.5 Å². The van der Waals surface area contributed by atoms with E-state index in [0.717, 1.165) is 5.56 Å². The minimum Gasteiger partial charge on any atom is -0.504 e. The van der Waals surface area contributed by atoms with Crippen LogP contribution in [0.5, 0.6) is 11.5 Å². The fraction of sp³-hybridized carbons (Fsp3) is 0.231. The van der Waals surface area contributed by atoms with Crippen molar-refractivity contribution in [3.8, 4) is 11.5 Å². The predicted molar refractivity (Wildman–Crippen MR) is 62.5 cm³/mol. The standard InChI is InChI=1S/C13H12O4/c1-2-9-3-4-10-5-6-13(15-7-8-16-13)17-12(10)11(9)14/h2-6,14H,1,7-8H2. The first-order valence-corrected chi connectivity index (χ1v) is 5.39. The lowest BCUT2D eigenvalue weighted by atomic mass is 10.1. The fourth-order valence-electron chi connectivity index (χ4n) is 1.94. The molecule has 0 aliphatic carbocycles. The molecule has 2 heterocycles. The van der Waals surface area contributed by atoms with Crippen molar-refractivity contribution in [2.24, 2.45) is 0 Å². The van der Waals surface area contributed by atoms with E-state index in [1.54, 1.807) is 18.2 Å². The zero-order chi connectivity index (χ0) is 11.9. The summed E-state index contributed by atoms with van der Waals surface area (Å²) in [6, 6.07) is 3.63. The van der Waals surface area contributed by atoms with Gasteiger partial charge in [-0.1, -0.05) is 24.8 Å². The van der Waals surface area contributed by atoms with Gasteiger partial charge in [-0.2, -0.15) is 0 Å². The van der Waals surface area contributed by atoms with Gasteiger partial charge in [0.25, 0.3) is 0 Å². The molecule has 1 N–H and O–H groups in total. The van der Waals surface area contributed by atoms with E-state index < -0.39 is 5.97 Å². The van der Waals surface area contributed by atoms with Gasteiger partial charge in [0, 0.05) is 17.2 Å². The SMILES string of the molecule is C=Cc1ccc2c(c1O)OC1(C=C2)OCCO1. The molecule has 2 aliphatic rings. The highest BCUT2D eigenvalue weighted by atomic mass is 16.9. The number of ether oxygens (including phenoxy) is 3. The third kappa shape index (κ3) is 1.53. The molecule has 1 aromatic rings. The van der Waals surface area contributed by atoms with Crippen molar-refractivity contribution < 1.29 is 19.3 Å². The number of fused-ring (bicyclic) bond motifs is 1. The van der Waals surface area contributed by atoms with Gasteiger partial charge in [-0.05, 0) is 6.08 Å². The van der Waals surface area contributed by atoms with Crippen LogP contribution < -0.4 is 4.74 Å². The summed E-state index contributed by atoms with van der Waals surface area (Å²) in [5.41, 5.74) is 1.41. The second kappa shape index (κ2) is 3.61. The molecule has 17 heavy (non-hydrogen) atoms. The summed E-state index contributed by atoms with van der Waals surface area (Å²) in [5.74, 6) is -0.753. The van der Waals surface area contributed by atoms with Gasteiger partial charge < -0.3 is 19.3 Å². The van der Waals surface area contributed by atoms with Crippen LogP contribution in [0.4, 0.5) is 0 Å². The minimum atomic E-state index is -1.18. The van der Waals surface area contributed by atoms with Crippen LogP contribution in [-0.2, 0) is 9.47 Å². The van der Waals surface area contributed by atoms with Crippen LogP contribution in [0.2, 0.25) is 0 Å². The molecular weight excluding hydrogens is 220 g/mol. The van der Waals surface area contributed by atoms with Crippen LogP contribution in [0, 0.1) is 0 Å². The molecule has 0 unspecified atom stereocenters. The van der Waals surface area contributed by atoms with Crippen molar-refractivity contribution in [2.75, 3.05) is 13.2 Å². The van der Waals surface area contributed by atoms with E-state index in [1.807, 2.05) is 12.1 Å². The highest BCUT2D eigenvalue weighted by Crippen LogP contribution is 2.42. The molecule has 0 aromatic heterocycles. The predicted octanol–water partition coefficient (Wildman–Crippen LogP) is 2.14. The Morgan fingerprint density at radius 2 is 2.06 bits per heavy atom. The Balaban J connectivity index is 2.08. The molecule has 1 spiro atoms. The van der Waals surface area contributed by atoms with Gasteiger partial charge in [0.2, 0.25) is 0 Å². The lowest BCUT2D eigenvalue weighted by molar-refractivity contribution is -0.249. The number of phenols is 1. The molecule has 2 aliphatic heterocycles. The third-order valence-corrected chi connectivity index (χ3v) is 2.81. The Kier molecular flexibility index (Phi) is 2.21. The van der Waals surface area contributed by atoms with Crippen LogP contribution in [-0.4, -0.2) is 24.3 Å². The van der Waals surface area contributed by atoms with Gasteiger partial charge in [0.05, 0.1) is 13.2 Å².